The summed E-state index contributed by atoms with van der Waals surface area (Å²) in [5.74, 6) is -0.985. The zero-order valence-corrected chi connectivity index (χ0v) is 11.3. The molecular formula is C16H14O5. The molecule has 1 unspecified atom stereocenters. The van der Waals surface area contributed by atoms with E-state index in [0.717, 1.165) is 0 Å². The number of hydrogen-bond acceptors (Lipinski definition) is 5. The van der Waals surface area contributed by atoms with Crippen LogP contribution in [-0.2, 0) is 9.53 Å². The third-order valence-electron chi connectivity index (χ3n) is 3.90. The molecule has 21 heavy (non-hydrogen) atoms. The molecular weight excluding hydrogens is 272 g/mol. The topological polar surface area (TPSA) is 87.0 Å². The van der Waals surface area contributed by atoms with Gasteiger partial charge in [0.1, 0.15) is 12.0 Å². The Bertz CT molecular complexity index is 726. The number of fused-ring (bicyclic) bond motifs is 1. The molecule has 5 heteroatoms. The maximum absolute atomic E-state index is 12.8. The Kier molecular flexibility index (Phi) is 2.79. The van der Waals surface area contributed by atoms with Gasteiger partial charge in [-0.25, -0.2) is 0 Å². The first-order valence-electron chi connectivity index (χ1n) is 6.48. The summed E-state index contributed by atoms with van der Waals surface area (Å²) in [6.45, 7) is 1.64. The molecule has 5 nitrogen and oxygen atoms in total. The molecule has 1 aliphatic heterocycles. The summed E-state index contributed by atoms with van der Waals surface area (Å²) in [5, 5.41) is 29.3. The average molecular weight is 286 g/mol. The summed E-state index contributed by atoms with van der Waals surface area (Å²) in [5.41, 5.74) is -0.481. The third-order valence-corrected chi connectivity index (χ3v) is 3.90. The Morgan fingerprint density at radius 1 is 1.19 bits per heavy atom. The number of carbonyl (C=O) groups excluding carboxylic acids is 1. The maximum Gasteiger partial charge on any atom is 0.197 e. The van der Waals surface area contributed by atoms with Gasteiger partial charge in [-0.1, -0.05) is 18.2 Å². The number of para-hydroxylation sites is 1. The predicted octanol–water partition coefficient (Wildman–Crippen LogP) is 2.95. The molecule has 0 spiro atoms. The smallest absolute Gasteiger partial charge is 0.197 e. The standard InChI is InChI=1S/C16H14O5/c1-16-7-6-12(18)13(19)15(16)21-8-10(14(16)20)9-4-2-3-5-11(9)17/h2-6,8,17-19H,7H2,1H3. The van der Waals surface area contributed by atoms with Crippen LogP contribution in [0.2, 0.25) is 0 Å². The molecule has 3 N–H and O–H groups in total. The van der Waals surface area contributed by atoms with Crippen LogP contribution in [0.4, 0.5) is 0 Å². The van der Waals surface area contributed by atoms with Crippen molar-refractivity contribution < 1.29 is 24.9 Å². The van der Waals surface area contributed by atoms with Gasteiger partial charge in [-0.05, 0) is 25.5 Å². The minimum absolute atomic E-state index is 0.0184. The summed E-state index contributed by atoms with van der Waals surface area (Å²) in [6, 6.07) is 6.48. The predicted molar refractivity (Wildman–Crippen MR) is 75.3 cm³/mol. The largest absolute Gasteiger partial charge is 0.507 e. The van der Waals surface area contributed by atoms with Crippen molar-refractivity contribution >= 4 is 11.4 Å². The number of carbonyl (C=O) groups is 1. The van der Waals surface area contributed by atoms with Crippen molar-refractivity contribution in [1.82, 2.24) is 0 Å². The zero-order valence-electron chi connectivity index (χ0n) is 11.3. The van der Waals surface area contributed by atoms with Crippen molar-refractivity contribution in [2.75, 3.05) is 0 Å². The number of Topliss-reactive ketones (excluding diaryl/α,β-unsaturated/α-hetero) is 1. The molecule has 0 bridgehead atoms. The zero-order chi connectivity index (χ0) is 15.2. The van der Waals surface area contributed by atoms with E-state index in [2.05, 4.69) is 0 Å². The van der Waals surface area contributed by atoms with Crippen molar-refractivity contribution in [2.45, 2.75) is 13.3 Å². The van der Waals surface area contributed by atoms with Crippen molar-refractivity contribution in [3.05, 3.63) is 59.4 Å². The minimum atomic E-state index is -1.09. The van der Waals surface area contributed by atoms with Gasteiger partial charge in [0.05, 0.1) is 11.0 Å². The molecule has 1 aliphatic carbocycles. The second-order valence-corrected chi connectivity index (χ2v) is 5.30. The van der Waals surface area contributed by atoms with E-state index in [1.165, 1.54) is 18.4 Å². The fourth-order valence-corrected chi connectivity index (χ4v) is 2.61. The Balaban J connectivity index is 2.13. The molecule has 0 saturated heterocycles. The number of allylic oxidation sites excluding steroid dienone is 3. The molecule has 0 amide bonds. The number of aliphatic hydroxyl groups excluding tert-OH is 2. The van der Waals surface area contributed by atoms with E-state index in [1.807, 2.05) is 0 Å². The quantitative estimate of drug-likeness (QED) is 0.738. The molecule has 0 aromatic heterocycles. The molecule has 3 rings (SSSR count). The minimum Gasteiger partial charge on any atom is -0.507 e. The molecule has 0 radical (unpaired) electrons. The van der Waals surface area contributed by atoms with Gasteiger partial charge in [0.2, 0.25) is 0 Å². The van der Waals surface area contributed by atoms with Gasteiger partial charge < -0.3 is 20.1 Å². The SMILES string of the molecule is CC12CC=C(O)C(O)=C1OC=C(c1ccccc1O)C2=O. The lowest BCUT2D eigenvalue weighted by molar-refractivity contribution is -0.123. The third kappa shape index (κ3) is 1.81. The highest BCUT2D eigenvalue weighted by Gasteiger charge is 2.47. The maximum atomic E-state index is 12.8. The molecule has 0 fully saturated rings. The Labute approximate surface area is 121 Å². The molecule has 1 aromatic rings. The van der Waals surface area contributed by atoms with E-state index in [4.69, 9.17) is 4.74 Å². The lowest BCUT2D eigenvalue weighted by Crippen LogP contribution is -2.37. The fraction of sp³-hybridized carbons (Fsp3) is 0.188. The highest BCUT2D eigenvalue weighted by Crippen LogP contribution is 2.47. The summed E-state index contributed by atoms with van der Waals surface area (Å²) in [4.78, 5) is 12.8. The van der Waals surface area contributed by atoms with E-state index in [0.29, 0.717) is 5.56 Å². The van der Waals surface area contributed by atoms with Crippen LogP contribution in [0, 0.1) is 5.41 Å². The van der Waals surface area contributed by atoms with Crippen LogP contribution in [0.1, 0.15) is 18.9 Å². The second-order valence-electron chi connectivity index (χ2n) is 5.30. The van der Waals surface area contributed by atoms with Crippen LogP contribution in [0.5, 0.6) is 5.75 Å². The van der Waals surface area contributed by atoms with Crippen LogP contribution >= 0.6 is 0 Å². The van der Waals surface area contributed by atoms with Crippen LogP contribution in [-0.4, -0.2) is 21.1 Å². The fourth-order valence-electron chi connectivity index (χ4n) is 2.61. The van der Waals surface area contributed by atoms with Gasteiger partial charge >= 0.3 is 0 Å². The van der Waals surface area contributed by atoms with Gasteiger partial charge in [-0.3, -0.25) is 4.79 Å². The van der Waals surface area contributed by atoms with Crippen LogP contribution in [0.3, 0.4) is 0 Å². The van der Waals surface area contributed by atoms with Gasteiger partial charge in [0.25, 0.3) is 0 Å². The number of ether oxygens (including phenoxy) is 1. The molecule has 1 heterocycles. The van der Waals surface area contributed by atoms with Crippen molar-refractivity contribution in [3.63, 3.8) is 0 Å². The summed E-state index contributed by atoms with van der Waals surface area (Å²) in [6.07, 6.45) is 2.79. The molecule has 2 aliphatic rings. The molecule has 1 aromatic carbocycles. The highest BCUT2D eigenvalue weighted by atomic mass is 16.5. The average Bonchev–Trinajstić information content (AvgIpc) is 2.47. The Morgan fingerprint density at radius 3 is 2.62 bits per heavy atom. The Hall–Kier alpha value is -2.69. The van der Waals surface area contributed by atoms with Gasteiger partial charge in [0.15, 0.2) is 23.1 Å². The number of phenolic OH excluding ortho intramolecular Hbond substituents is 1. The number of hydrogen-bond donors (Lipinski definition) is 3. The summed E-state index contributed by atoms with van der Waals surface area (Å²) in [7, 11) is 0. The van der Waals surface area contributed by atoms with Crippen molar-refractivity contribution in [2.24, 2.45) is 5.41 Å². The summed E-state index contributed by atoms with van der Waals surface area (Å²) >= 11 is 0. The first kappa shape index (κ1) is 13.3. The van der Waals surface area contributed by atoms with Gasteiger partial charge in [-0.2, -0.15) is 0 Å². The normalized spacial score (nSPS) is 24.9. The number of phenols is 1. The summed E-state index contributed by atoms with van der Waals surface area (Å²) < 4.78 is 5.39. The van der Waals surface area contributed by atoms with Crippen LogP contribution < -0.4 is 0 Å². The Morgan fingerprint density at radius 2 is 1.90 bits per heavy atom. The lowest BCUT2D eigenvalue weighted by atomic mass is 9.72. The van der Waals surface area contributed by atoms with E-state index in [1.54, 1.807) is 25.1 Å². The second kappa shape index (κ2) is 4.41. The first-order valence-corrected chi connectivity index (χ1v) is 6.48. The van der Waals surface area contributed by atoms with Crippen molar-refractivity contribution in [3.8, 4) is 5.75 Å². The van der Waals surface area contributed by atoms with E-state index < -0.39 is 11.2 Å². The van der Waals surface area contributed by atoms with Crippen molar-refractivity contribution in [1.29, 1.82) is 0 Å². The number of aliphatic hydroxyl groups is 2. The van der Waals surface area contributed by atoms with E-state index in [9.17, 15) is 20.1 Å². The number of aromatic hydroxyl groups is 1. The number of benzene rings is 1. The molecule has 108 valence electrons. The molecule has 0 saturated carbocycles. The van der Waals surface area contributed by atoms with Gasteiger partial charge in [0, 0.05) is 5.56 Å². The van der Waals surface area contributed by atoms with Gasteiger partial charge in [-0.15, -0.1) is 0 Å². The monoisotopic (exact) mass is 286 g/mol. The van der Waals surface area contributed by atoms with Crippen LogP contribution in [0.15, 0.2) is 53.9 Å². The lowest BCUT2D eigenvalue weighted by Gasteiger charge is -2.35. The molecule has 1 atom stereocenters. The first-order chi connectivity index (χ1) is 9.95. The highest BCUT2D eigenvalue weighted by molar-refractivity contribution is 6.25. The van der Waals surface area contributed by atoms with E-state index in [-0.39, 0.29) is 35.0 Å². The number of rotatable bonds is 1. The van der Waals surface area contributed by atoms with Crippen LogP contribution in [0.25, 0.3) is 5.57 Å². The van der Waals surface area contributed by atoms with E-state index >= 15 is 0 Å². The number of ketones is 1.